The van der Waals surface area contributed by atoms with Crippen LogP contribution < -0.4 is 4.90 Å². The summed E-state index contributed by atoms with van der Waals surface area (Å²) in [7, 11) is 0. The molecule has 1 fully saturated rings. The van der Waals surface area contributed by atoms with Gasteiger partial charge in [0, 0.05) is 25.2 Å². The quantitative estimate of drug-likeness (QED) is 0.872. The molecule has 0 bridgehead atoms. The Morgan fingerprint density at radius 2 is 1.75 bits per heavy atom. The number of carbonyl (C=O) groups is 2. The van der Waals surface area contributed by atoms with E-state index >= 15 is 0 Å². The van der Waals surface area contributed by atoms with Gasteiger partial charge in [0.05, 0.1) is 0 Å². The predicted octanol–water partition coefficient (Wildman–Crippen LogP) is 2.77. The Hall–Kier alpha value is -2.62. The predicted molar refractivity (Wildman–Crippen MR) is 92.5 cm³/mol. The van der Waals surface area contributed by atoms with Crippen molar-refractivity contribution in [2.45, 2.75) is 31.8 Å². The lowest BCUT2D eigenvalue weighted by Crippen LogP contribution is -2.46. The zero-order valence-electron chi connectivity index (χ0n) is 13.5. The average Bonchev–Trinajstić information content (AvgIpc) is 3.20. The second kappa shape index (κ2) is 6.11. The number of benzene rings is 2. The van der Waals surface area contributed by atoms with E-state index in [1.165, 1.54) is 5.56 Å². The van der Waals surface area contributed by atoms with Gasteiger partial charge in [-0.1, -0.05) is 48.5 Å². The molecule has 2 heterocycles. The molecule has 4 heteroatoms. The molecule has 0 aromatic heterocycles. The molecule has 4 rings (SSSR count). The lowest BCUT2D eigenvalue weighted by atomic mass is 10.1. The number of anilines is 1. The highest BCUT2D eigenvalue weighted by Gasteiger charge is 2.39. The van der Waals surface area contributed by atoms with Crippen molar-refractivity contribution >= 4 is 17.5 Å². The first-order valence-corrected chi connectivity index (χ1v) is 8.47. The Morgan fingerprint density at radius 3 is 2.58 bits per heavy atom. The monoisotopic (exact) mass is 320 g/mol. The van der Waals surface area contributed by atoms with E-state index in [9.17, 15) is 9.59 Å². The van der Waals surface area contributed by atoms with Crippen LogP contribution in [0.3, 0.4) is 0 Å². The molecule has 4 nitrogen and oxygen atoms in total. The lowest BCUT2D eigenvalue weighted by molar-refractivity contribution is -0.134. The lowest BCUT2D eigenvalue weighted by Gasteiger charge is -2.28. The first-order valence-electron chi connectivity index (χ1n) is 8.47. The van der Waals surface area contributed by atoms with E-state index in [4.69, 9.17) is 0 Å². The van der Waals surface area contributed by atoms with Crippen LogP contribution in [0.5, 0.6) is 0 Å². The van der Waals surface area contributed by atoms with Crippen LogP contribution in [-0.2, 0) is 22.6 Å². The number of likely N-dealkylation sites (tertiary alicyclic amines) is 1. The number of carbonyl (C=O) groups excluding carboxylic acids is 2. The Morgan fingerprint density at radius 1 is 1.00 bits per heavy atom. The fraction of sp³-hybridized carbons (Fsp3) is 0.300. The maximum Gasteiger partial charge on any atom is 0.249 e. The van der Waals surface area contributed by atoms with Crippen molar-refractivity contribution in [3.05, 3.63) is 65.7 Å². The van der Waals surface area contributed by atoms with E-state index in [0.717, 1.165) is 17.7 Å². The smallest absolute Gasteiger partial charge is 0.249 e. The normalized spacial score (nSPS) is 19.7. The second-order valence-corrected chi connectivity index (χ2v) is 6.43. The largest absolute Gasteiger partial charge is 0.326 e. The van der Waals surface area contributed by atoms with Crippen molar-refractivity contribution in [1.29, 1.82) is 0 Å². The van der Waals surface area contributed by atoms with Gasteiger partial charge in [-0.05, 0) is 30.0 Å². The first-order chi connectivity index (χ1) is 11.7. The molecule has 2 aliphatic rings. The van der Waals surface area contributed by atoms with Crippen LogP contribution in [-0.4, -0.2) is 29.3 Å². The maximum absolute atomic E-state index is 13.1. The van der Waals surface area contributed by atoms with E-state index in [2.05, 4.69) is 6.07 Å². The van der Waals surface area contributed by atoms with Gasteiger partial charge in [-0.15, -0.1) is 0 Å². The molecular formula is C20H20N2O2. The van der Waals surface area contributed by atoms with Crippen LogP contribution in [0.15, 0.2) is 54.6 Å². The minimum Gasteiger partial charge on any atom is -0.326 e. The van der Waals surface area contributed by atoms with Gasteiger partial charge < -0.3 is 9.80 Å². The minimum absolute atomic E-state index is 0.0572. The van der Waals surface area contributed by atoms with E-state index in [0.29, 0.717) is 25.9 Å². The van der Waals surface area contributed by atoms with E-state index in [1.54, 1.807) is 4.90 Å². The summed E-state index contributed by atoms with van der Waals surface area (Å²) in [6.45, 7) is 1.22. The third-order valence-electron chi connectivity index (χ3n) is 4.96. The summed E-state index contributed by atoms with van der Waals surface area (Å²) in [5.74, 6) is 0.131. The molecule has 0 radical (unpaired) electrons. The molecule has 1 saturated heterocycles. The third kappa shape index (κ3) is 2.58. The van der Waals surface area contributed by atoms with Crippen molar-refractivity contribution < 1.29 is 9.59 Å². The molecule has 0 saturated carbocycles. The second-order valence-electron chi connectivity index (χ2n) is 6.43. The number of hydrogen-bond donors (Lipinski definition) is 0. The third-order valence-corrected chi connectivity index (χ3v) is 4.96. The zero-order valence-corrected chi connectivity index (χ0v) is 13.5. The Labute approximate surface area is 141 Å². The van der Waals surface area contributed by atoms with Crippen molar-refractivity contribution in [2.24, 2.45) is 0 Å². The van der Waals surface area contributed by atoms with Crippen LogP contribution in [0.1, 0.15) is 24.0 Å². The first kappa shape index (κ1) is 14.9. The van der Waals surface area contributed by atoms with Gasteiger partial charge >= 0.3 is 0 Å². The summed E-state index contributed by atoms with van der Waals surface area (Å²) < 4.78 is 0. The molecule has 24 heavy (non-hydrogen) atoms. The molecule has 2 aliphatic heterocycles. The Kier molecular flexibility index (Phi) is 3.81. The Bertz CT molecular complexity index is 772. The summed E-state index contributed by atoms with van der Waals surface area (Å²) in [5.41, 5.74) is 3.28. The molecule has 2 aromatic carbocycles. The van der Waals surface area contributed by atoms with E-state index in [1.807, 2.05) is 53.4 Å². The molecule has 1 atom stereocenters. The molecule has 1 unspecified atom stereocenters. The number of hydrogen-bond acceptors (Lipinski definition) is 2. The number of para-hydroxylation sites is 1. The Balaban J connectivity index is 1.56. The van der Waals surface area contributed by atoms with Crippen LogP contribution in [0.4, 0.5) is 5.69 Å². The van der Waals surface area contributed by atoms with Crippen molar-refractivity contribution in [1.82, 2.24) is 4.90 Å². The summed E-state index contributed by atoms with van der Waals surface area (Å²) in [6.07, 6.45) is 1.96. The molecular weight excluding hydrogens is 300 g/mol. The minimum atomic E-state index is -0.344. The SMILES string of the molecule is O=C(C1CCC(=O)N1Cc1ccccc1)N1CCc2ccccc21. The highest BCUT2D eigenvalue weighted by molar-refractivity contribution is 6.02. The van der Waals surface area contributed by atoms with Crippen molar-refractivity contribution in [2.75, 3.05) is 11.4 Å². The maximum atomic E-state index is 13.1. The fourth-order valence-corrected chi connectivity index (χ4v) is 3.72. The zero-order chi connectivity index (χ0) is 16.5. The standard InChI is InChI=1S/C20H20N2O2/c23-19-11-10-18(22(19)14-15-6-2-1-3-7-15)20(24)21-13-12-16-8-4-5-9-17(16)21/h1-9,18H,10-14H2. The van der Waals surface area contributed by atoms with Gasteiger partial charge in [0.25, 0.3) is 0 Å². The molecule has 2 amide bonds. The molecule has 122 valence electrons. The van der Waals surface area contributed by atoms with Gasteiger partial charge in [-0.2, -0.15) is 0 Å². The molecule has 2 aromatic rings. The number of rotatable bonds is 3. The molecule has 0 aliphatic carbocycles. The van der Waals surface area contributed by atoms with E-state index < -0.39 is 0 Å². The van der Waals surface area contributed by atoms with Gasteiger partial charge in [0.2, 0.25) is 11.8 Å². The summed E-state index contributed by atoms with van der Waals surface area (Å²) in [5, 5.41) is 0. The summed E-state index contributed by atoms with van der Waals surface area (Å²) >= 11 is 0. The van der Waals surface area contributed by atoms with Gasteiger partial charge in [0.15, 0.2) is 0 Å². The number of nitrogens with zero attached hydrogens (tertiary/aromatic N) is 2. The van der Waals surface area contributed by atoms with E-state index in [-0.39, 0.29) is 17.9 Å². The van der Waals surface area contributed by atoms with Crippen LogP contribution in [0, 0.1) is 0 Å². The highest BCUT2D eigenvalue weighted by Crippen LogP contribution is 2.31. The number of amides is 2. The van der Waals surface area contributed by atoms with Gasteiger partial charge in [-0.3, -0.25) is 9.59 Å². The highest BCUT2D eigenvalue weighted by atomic mass is 16.2. The van der Waals surface area contributed by atoms with Gasteiger partial charge in [0.1, 0.15) is 6.04 Å². The summed E-state index contributed by atoms with van der Waals surface area (Å²) in [6, 6.07) is 17.6. The van der Waals surface area contributed by atoms with Crippen molar-refractivity contribution in [3.8, 4) is 0 Å². The molecule has 0 N–H and O–H groups in total. The summed E-state index contributed by atoms with van der Waals surface area (Å²) in [4.78, 5) is 29.0. The number of fused-ring (bicyclic) bond motifs is 1. The topological polar surface area (TPSA) is 40.6 Å². The van der Waals surface area contributed by atoms with Crippen LogP contribution >= 0.6 is 0 Å². The fourth-order valence-electron chi connectivity index (χ4n) is 3.72. The average molecular weight is 320 g/mol. The van der Waals surface area contributed by atoms with Crippen LogP contribution in [0.2, 0.25) is 0 Å². The van der Waals surface area contributed by atoms with Crippen molar-refractivity contribution in [3.63, 3.8) is 0 Å². The van der Waals surface area contributed by atoms with Gasteiger partial charge in [-0.25, -0.2) is 0 Å². The molecule has 0 spiro atoms. The van der Waals surface area contributed by atoms with Crippen LogP contribution in [0.25, 0.3) is 0 Å².